The predicted octanol–water partition coefficient (Wildman–Crippen LogP) is 3.73. The van der Waals surface area contributed by atoms with Gasteiger partial charge in [0.15, 0.2) is 5.60 Å². The molecule has 4 rings (SSSR count). The molecule has 170 valence electrons. The fourth-order valence-corrected chi connectivity index (χ4v) is 4.21. The molecule has 1 fully saturated rings. The summed E-state index contributed by atoms with van der Waals surface area (Å²) >= 11 is 0. The number of aromatic nitrogens is 1. The number of pyridine rings is 1. The quantitative estimate of drug-likeness (QED) is 0.604. The molecule has 2 amide bonds. The summed E-state index contributed by atoms with van der Waals surface area (Å²) in [4.78, 5) is 32.5. The molecular weight excluding hydrogens is 414 g/mol. The van der Waals surface area contributed by atoms with Crippen LogP contribution in [0.3, 0.4) is 0 Å². The number of benzene rings is 2. The van der Waals surface area contributed by atoms with Crippen molar-refractivity contribution in [3.8, 4) is 11.1 Å². The monoisotopic (exact) mass is 443 g/mol. The van der Waals surface area contributed by atoms with Crippen LogP contribution in [0.2, 0.25) is 0 Å². The second-order valence-corrected chi connectivity index (χ2v) is 8.24. The number of carbonyl (C=O) groups is 2. The number of ether oxygens (including phenoxy) is 1. The van der Waals surface area contributed by atoms with Crippen molar-refractivity contribution < 1.29 is 14.3 Å². The molecular formula is C27H29N3O3. The van der Waals surface area contributed by atoms with E-state index in [2.05, 4.69) is 28.5 Å². The van der Waals surface area contributed by atoms with Crippen LogP contribution in [0.1, 0.15) is 29.4 Å². The van der Waals surface area contributed by atoms with E-state index in [1.54, 1.807) is 29.3 Å². The van der Waals surface area contributed by atoms with Crippen LogP contribution in [-0.4, -0.2) is 53.5 Å². The van der Waals surface area contributed by atoms with Crippen LogP contribution in [0.25, 0.3) is 11.1 Å². The average Bonchev–Trinajstić information content (AvgIpc) is 2.88. The van der Waals surface area contributed by atoms with Crippen LogP contribution in [0.15, 0.2) is 79.0 Å². The fraction of sp³-hybridized carbons (Fsp3) is 0.296. The van der Waals surface area contributed by atoms with E-state index in [0.29, 0.717) is 25.2 Å². The van der Waals surface area contributed by atoms with Crippen molar-refractivity contribution in [2.75, 3.05) is 26.2 Å². The Morgan fingerprint density at radius 1 is 1.03 bits per heavy atom. The van der Waals surface area contributed by atoms with Crippen molar-refractivity contribution in [1.29, 1.82) is 0 Å². The Hall–Kier alpha value is -3.51. The molecule has 1 aliphatic heterocycles. The van der Waals surface area contributed by atoms with E-state index >= 15 is 0 Å². The molecule has 1 atom stereocenters. The van der Waals surface area contributed by atoms with E-state index in [9.17, 15) is 9.59 Å². The van der Waals surface area contributed by atoms with Crippen LogP contribution < -0.4 is 5.32 Å². The molecule has 0 aliphatic carbocycles. The molecule has 2 aromatic carbocycles. The topological polar surface area (TPSA) is 71.5 Å². The lowest BCUT2D eigenvalue weighted by Crippen LogP contribution is -2.62. The highest BCUT2D eigenvalue weighted by Gasteiger charge is 2.45. The Bertz CT molecular complexity index is 1090. The number of morpholine rings is 1. The van der Waals surface area contributed by atoms with Gasteiger partial charge in [-0.1, -0.05) is 67.6 Å². The third kappa shape index (κ3) is 5.12. The van der Waals surface area contributed by atoms with Gasteiger partial charge < -0.3 is 15.0 Å². The van der Waals surface area contributed by atoms with Gasteiger partial charge in [-0.25, -0.2) is 0 Å². The Labute approximate surface area is 194 Å². The number of hydrogen-bond acceptors (Lipinski definition) is 4. The van der Waals surface area contributed by atoms with Crippen LogP contribution in [-0.2, 0) is 16.0 Å². The normalized spacial score (nSPS) is 18.0. The SMILES string of the molecule is CCCNC(=O)[C@]1(Cc2ccccc2-c2ccccc2)CN(C(=O)c2ccccn2)CCO1. The zero-order valence-corrected chi connectivity index (χ0v) is 18.9. The smallest absolute Gasteiger partial charge is 0.272 e. The van der Waals surface area contributed by atoms with Crippen LogP contribution in [0.4, 0.5) is 0 Å². The minimum atomic E-state index is -1.18. The van der Waals surface area contributed by atoms with Gasteiger partial charge in [-0.15, -0.1) is 0 Å². The van der Waals surface area contributed by atoms with Gasteiger partial charge in [0.1, 0.15) is 5.69 Å². The molecule has 1 aliphatic rings. The highest BCUT2D eigenvalue weighted by molar-refractivity contribution is 5.94. The summed E-state index contributed by atoms with van der Waals surface area (Å²) in [5.41, 5.74) is 2.32. The van der Waals surface area contributed by atoms with Gasteiger partial charge in [-0.3, -0.25) is 14.6 Å². The molecule has 1 saturated heterocycles. The maximum Gasteiger partial charge on any atom is 0.272 e. The summed E-state index contributed by atoms with van der Waals surface area (Å²) < 4.78 is 6.21. The Balaban J connectivity index is 1.67. The van der Waals surface area contributed by atoms with E-state index in [-0.39, 0.29) is 25.0 Å². The van der Waals surface area contributed by atoms with Crippen molar-refractivity contribution >= 4 is 11.8 Å². The summed E-state index contributed by atoms with van der Waals surface area (Å²) in [6.07, 6.45) is 2.78. The first-order valence-electron chi connectivity index (χ1n) is 11.4. The first kappa shape index (κ1) is 22.7. The molecule has 0 unspecified atom stereocenters. The third-order valence-corrected chi connectivity index (χ3v) is 5.88. The summed E-state index contributed by atoms with van der Waals surface area (Å²) in [7, 11) is 0. The van der Waals surface area contributed by atoms with Gasteiger partial charge in [0.25, 0.3) is 11.8 Å². The van der Waals surface area contributed by atoms with E-state index in [1.165, 1.54) is 0 Å². The lowest BCUT2D eigenvalue weighted by Gasteiger charge is -2.42. The fourth-order valence-electron chi connectivity index (χ4n) is 4.21. The lowest BCUT2D eigenvalue weighted by molar-refractivity contribution is -0.157. The molecule has 0 bridgehead atoms. The van der Waals surface area contributed by atoms with E-state index < -0.39 is 5.60 Å². The third-order valence-electron chi connectivity index (χ3n) is 5.88. The van der Waals surface area contributed by atoms with Gasteiger partial charge in [0, 0.05) is 25.7 Å². The minimum Gasteiger partial charge on any atom is -0.361 e. The lowest BCUT2D eigenvalue weighted by atomic mass is 9.87. The van der Waals surface area contributed by atoms with Crippen LogP contribution >= 0.6 is 0 Å². The largest absolute Gasteiger partial charge is 0.361 e. The van der Waals surface area contributed by atoms with Crippen molar-refractivity contribution in [3.63, 3.8) is 0 Å². The van der Waals surface area contributed by atoms with Crippen LogP contribution in [0, 0.1) is 0 Å². The number of amides is 2. The Morgan fingerprint density at radius 3 is 2.55 bits per heavy atom. The van der Waals surface area contributed by atoms with E-state index in [1.807, 2.05) is 43.3 Å². The van der Waals surface area contributed by atoms with Crippen molar-refractivity contribution in [2.45, 2.75) is 25.4 Å². The summed E-state index contributed by atoms with van der Waals surface area (Å²) in [5, 5.41) is 3.00. The molecule has 0 saturated carbocycles. The number of nitrogens with one attached hydrogen (secondary N) is 1. The molecule has 2 heterocycles. The molecule has 33 heavy (non-hydrogen) atoms. The Morgan fingerprint density at radius 2 is 1.79 bits per heavy atom. The standard InChI is InChI=1S/C27H29N3O3/c1-2-15-29-26(32)27(19-22-12-6-7-13-23(22)21-10-4-3-5-11-21)20-30(17-18-33-27)25(31)24-14-8-9-16-28-24/h3-14,16H,2,15,17-20H2,1H3,(H,29,32)/t27-/m0/s1. The second kappa shape index (κ2) is 10.4. The number of carbonyl (C=O) groups excluding carboxylic acids is 2. The van der Waals surface area contributed by atoms with Gasteiger partial charge >= 0.3 is 0 Å². The highest BCUT2D eigenvalue weighted by atomic mass is 16.5. The minimum absolute atomic E-state index is 0.168. The van der Waals surface area contributed by atoms with Crippen molar-refractivity contribution in [1.82, 2.24) is 15.2 Å². The number of rotatable bonds is 7. The molecule has 0 spiro atoms. The van der Waals surface area contributed by atoms with Crippen molar-refractivity contribution in [2.24, 2.45) is 0 Å². The maximum absolute atomic E-state index is 13.4. The summed E-state index contributed by atoms with van der Waals surface area (Å²) in [6.45, 7) is 3.43. The zero-order chi connectivity index (χ0) is 23.1. The predicted molar refractivity (Wildman–Crippen MR) is 128 cm³/mol. The van der Waals surface area contributed by atoms with Crippen molar-refractivity contribution in [3.05, 3.63) is 90.3 Å². The molecule has 0 radical (unpaired) electrons. The Kier molecular flexibility index (Phi) is 7.15. The summed E-state index contributed by atoms with van der Waals surface area (Å²) in [5.74, 6) is -0.381. The number of nitrogens with zero attached hydrogens (tertiary/aromatic N) is 2. The van der Waals surface area contributed by atoms with E-state index in [4.69, 9.17) is 4.74 Å². The number of hydrogen-bond donors (Lipinski definition) is 1. The molecule has 1 N–H and O–H groups in total. The van der Waals surface area contributed by atoms with E-state index in [0.717, 1.165) is 23.1 Å². The average molecular weight is 444 g/mol. The first-order valence-corrected chi connectivity index (χ1v) is 11.4. The van der Waals surface area contributed by atoms with Gasteiger partial charge in [0.05, 0.1) is 13.2 Å². The zero-order valence-electron chi connectivity index (χ0n) is 18.9. The van der Waals surface area contributed by atoms with Gasteiger partial charge in [-0.05, 0) is 35.2 Å². The second-order valence-electron chi connectivity index (χ2n) is 8.24. The van der Waals surface area contributed by atoms with Crippen LogP contribution in [0.5, 0.6) is 0 Å². The van der Waals surface area contributed by atoms with Gasteiger partial charge in [0.2, 0.25) is 0 Å². The molecule has 6 heteroatoms. The van der Waals surface area contributed by atoms with Gasteiger partial charge in [-0.2, -0.15) is 0 Å². The first-order chi connectivity index (χ1) is 16.1. The summed E-state index contributed by atoms with van der Waals surface area (Å²) in [6, 6.07) is 23.4. The molecule has 3 aromatic rings. The molecule has 6 nitrogen and oxygen atoms in total. The maximum atomic E-state index is 13.4. The molecule has 1 aromatic heterocycles. The highest BCUT2D eigenvalue weighted by Crippen LogP contribution is 2.30.